The Bertz CT molecular complexity index is 793. The van der Waals surface area contributed by atoms with Gasteiger partial charge in [-0.1, -0.05) is 30.3 Å². The number of amides is 2. The summed E-state index contributed by atoms with van der Waals surface area (Å²) in [6.07, 6.45) is 6.36. The molecule has 4 N–H and O–H groups in total. The largest absolute Gasteiger partial charge is 0.359 e. The highest BCUT2D eigenvalue weighted by molar-refractivity contribution is 5.90. The highest BCUT2D eigenvalue weighted by Gasteiger charge is 2.38. The van der Waals surface area contributed by atoms with Crippen LogP contribution in [0.3, 0.4) is 0 Å². The molecule has 0 spiro atoms. The third-order valence-corrected chi connectivity index (χ3v) is 5.98. The molecule has 2 fully saturated rings. The summed E-state index contributed by atoms with van der Waals surface area (Å²) >= 11 is 0. The minimum absolute atomic E-state index is 0.0612. The van der Waals surface area contributed by atoms with Crippen LogP contribution in [0.4, 0.5) is 0 Å². The van der Waals surface area contributed by atoms with E-state index < -0.39 is 6.04 Å². The van der Waals surface area contributed by atoms with E-state index in [1.54, 1.807) is 13.2 Å². The quantitative estimate of drug-likeness (QED) is 0.335. The molecule has 0 unspecified atom stereocenters. The second-order valence-corrected chi connectivity index (χ2v) is 7.75. The molecular formula is C21H28N6O2. The average molecular weight is 396 g/mol. The first-order valence-corrected chi connectivity index (χ1v) is 10.1. The van der Waals surface area contributed by atoms with Crippen LogP contribution in [0.15, 0.2) is 35.3 Å². The maximum Gasteiger partial charge on any atom is 0.242 e. The predicted molar refractivity (Wildman–Crippen MR) is 110 cm³/mol. The van der Waals surface area contributed by atoms with Crippen molar-refractivity contribution in [3.63, 3.8) is 0 Å². The Morgan fingerprint density at radius 1 is 1.28 bits per heavy atom. The van der Waals surface area contributed by atoms with Gasteiger partial charge in [0.15, 0.2) is 0 Å². The molecule has 1 aliphatic carbocycles. The molecule has 1 aliphatic heterocycles. The summed E-state index contributed by atoms with van der Waals surface area (Å²) in [4.78, 5) is 27.7. The molecule has 1 heterocycles. The number of carbonyl (C=O) groups is 2. The van der Waals surface area contributed by atoms with Gasteiger partial charge >= 0.3 is 0 Å². The molecule has 1 aromatic carbocycles. The highest BCUT2D eigenvalue weighted by atomic mass is 16.2. The van der Waals surface area contributed by atoms with Crippen LogP contribution in [-0.4, -0.2) is 43.5 Å². The van der Waals surface area contributed by atoms with Crippen molar-refractivity contribution in [2.45, 2.75) is 56.0 Å². The first-order chi connectivity index (χ1) is 14.1. The van der Waals surface area contributed by atoms with E-state index in [1.807, 2.05) is 18.2 Å². The number of nitrogens with one attached hydrogen (secondary N) is 4. The van der Waals surface area contributed by atoms with Crippen molar-refractivity contribution in [1.82, 2.24) is 21.3 Å². The number of hydrogen-bond donors (Lipinski definition) is 4. The van der Waals surface area contributed by atoms with Crippen LogP contribution in [0.2, 0.25) is 0 Å². The zero-order valence-corrected chi connectivity index (χ0v) is 16.7. The number of rotatable bonds is 5. The summed E-state index contributed by atoms with van der Waals surface area (Å²) in [6, 6.07) is 10.1. The second-order valence-electron chi connectivity index (χ2n) is 7.75. The van der Waals surface area contributed by atoms with E-state index in [1.165, 1.54) is 5.56 Å². The van der Waals surface area contributed by atoms with Gasteiger partial charge in [-0.2, -0.15) is 5.26 Å². The molecule has 1 saturated heterocycles. The lowest BCUT2D eigenvalue weighted by molar-refractivity contribution is -0.126. The Hall–Kier alpha value is -3.08. The standard InChI is InChI=1S/C21H28N6O2/c1-23-20(25-14-22)26-16-9-11-21(12-10-16,15-5-3-2-4-6-15)13-24-19(29)17-7-8-18(28)27-17/h2-6,16-17H,7-13H2,1H3,(H,24,29)(H,27,28)(H2,23,25,26)/t16-,17-,21-/m0/s1. The van der Waals surface area contributed by atoms with Crippen LogP contribution in [0, 0.1) is 11.5 Å². The van der Waals surface area contributed by atoms with Crippen molar-refractivity contribution >= 4 is 17.8 Å². The van der Waals surface area contributed by atoms with E-state index in [4.69, 9.17) is 5.26 Å². The van der Waals surface area contributed by atoms with Gasteiger partial charge < -0.3 is 21.3 Å². The molecule has 8 nitrogen and oxygen atoms in total. The molecule has 1 saturated carbocycles. The van der Waals surface area contributed by atoms with Gasteiger partial charge in [0.25, 0.3) is 0 Å². The molecule has 0 bridgehead atoms. The van der Waals surface area contributed by atoms with Gasteiger partial charge in [0.1, 0.15) is 6.04 Å². The number of guanidine groups is 1. The van der Waals surface area contributed by atoms with E-state index in [9.17, 15) is 9.59 Å². The van der Waals surface area contributed by atoms with E-state index in [0.717, 1.165) is 25.7 Å². The van der Waals surface area contributed by atoms with Crippen LogP contribution in [0.5, 0.6) is 0 Å². The summed E-state index contributed by atoms with van der Waals surface area (Å²) in [7, 11) is 1.73. The smallest absolute Gasteiger partial charge is 0.242 e. The number of benzene rings is 1. The average Bonchev–Trinajstić information content (AvgIpc) is 3.20. The van der Waals surface area contributed by atoms with Gasteiger partial charge in [0.2, 0.25) is 24.0 Å². The number of aliphatic imine (C=N–C) groups is 1. The third kappa shape index (κ3) is 5.05. The van der Waals surface area contributed by atoms with Crippen molar-refractivity contribution < 1.29 is 9.59 Å². The summed E-state index contributed by atoms with van der Waals surface area (Å²) in [6.45, 7) is 0.542. The normalized spacial score (nSPS) is 26.9. The van der Waals surface area contributed by atoms with Gasteiger partial charge in [0.05, 0.1) is 0 Å². The van der Waals surface area contributed by atoms with Gasteiger partial charge in [0, 0.05) is 31.5 Å². The lowest BCUT2D eigenvalue weighted by Crippen LogP contribution is -2.51. The van der Waals surface area contributed by atoms with Crippen LogP contribution >= 0.6 is 0 Å². The first-order valence-electron chi connectivity index (χ1n) is 10.1. The van der Waals surface area contributed by atoms with Gasteiger partial charge in [-0.3, -0.25) is 9.59 Å². The SMILES string of the molecule is CN/C(=N\C#N)N[C@H]1CC[C@](CNC(=O)[C@@H]2CCC(=O)N2)(c2ccccc2)CC1. The zero-order chi connectivity index (χ0) is 20.7. The van der Waals surface area contributed by atoms with Crippen LogP contribution < -0.4 is 21.3 Å². The van der Waals surface area contributed by atoms with Crippen molar-refractivity contribution in [2.24, 2.45) is 4.99 Å². The van der Waals surface area contributed by atoms with E-state index in [-0.39, 0.29) is 23.3 Å². The minimum Gasteiger partial charge on any atom is -0.359 e. The van der Waals surface area contributed by atoms with Crippen LogP contribution in [0.1, 0.15) is 44.1 Å². The summed E-state index contributed by atoms with van der Waals surface area (Å²) in [5, 5.41) is 20.8. The third-order valence-electron chi connectivity index (χ3n) is 5.98. The molecule has 0 aromatic heterocycles. The Morgan fingerprint density at radius 3 is 2.59 bits per heavy atom. The molecule has 1 atom stereocenters. The topological polar surface area (TPSA) is 118 Å². The molecule has 2 amide bonds. The number of hydrogen-bond acceptors (Lipinski definition) is 4. The molecule has 3 rings (SSSR count). The molecule has 8 heteroatoms. The fraction of sp³-hybridized carbons (Fsp3) is 0.524. The molecule has 1 aromatic rings. The van der Waals surface area contributed by atoms with Gasteiger partial charge in [-0.15, -0.1) is 4.99 Å². The maximum absolute atomic E-state index is 12.5. The summed E-state index contributed by atoms with van der Waals surface area (Å²) in [5.41, 5.74) is 1.07. The van der Waals surface area contributed by atoms with Crippen molar-refractivity contribution in [3.8, 4) is 6.19 Å². The Balaban J connectivity index is 1.67. The van der Waals surface area contributed by atoms with Crippen LogP contribution in [0.25, 0.3) is 0 Å². The first kappa shape index (κ1) is 20.6. The van der Waals surface area contributed by atoms with Gasteiger partial charge in [-0.25, -0.2) is 0 Å². The Kier molecular flexibility index (Phi) is 6.70. The van der Waals surface area contributed by atoms with Crippen molar-refractivity contribution in [3.05, 3.63) is 35.9 Å². The number of nitrogens with zero attached hydrogens (tertiary/aromatic N) is 2. The fourth-order valence-corrected chi connectivity index (χ4v) is 4.27. The number of nitriles is 1. The minimum atomic E-state index is -0.422. The second kappa shape index (κ2) is 9.41. The molecule has 0 radical (unpaired) electrons. The van der Waals surface area contributed by atoms with E-state index in [0.29, 0.717) is 25.3 Å². The summed E-state index contributed by atoms with van der Waals surface area (Å²) in [5.74, 6) is 0.314. The molecular weight excluding hydrogens is 368 g/mol. The van der Waals surface area contributed by atoms with E-state index >= 15 is 0 Å². The molecule has 29 heavy (non-hydrogen) atoms. The maximum atomic E-state index is 12.5. The zero-order valence-electron chi connectivity index (χ0n) is 16.7. The predicted octanol–water partition coefficient (Wildman–Crippen LogP) is 0.908. The van der Waals surface area contributed by atoms with Crippen molar-refractivity contribution in [2.75, 3.05) is 13.6 Å². The van der Waals surface area contributed by atoms with E-state index in [2.05, 4.69) is 38.4 Å². The lowest BCUT2D eigenvalue weighted by Gasteiger charge is -2.41. The van der Waals surface area contributed by atoms with Gasteiger partial charge in [-0.05, 0) is 37.7 Å². The Morgan fingerprint density at radius 2 is 2.00 bits per heavy atom. The lowest BCUT2D eigenvalue weighted by atomic mass is 9.68. The van der Waals surface area contributed by atoms with Crippen LogP contribution in [-0.2, 0) is 15.0 Å². The Labute approximate surface area is 171 Å². The monoisotopic (exact) mass is 396 g/mol. The summed E-state index contributed by atoms with van der Waals surface area (Å²) < 4.78 is 0. The molecule has 154 valence electrons. The molecule has 2 aliphatic rings. The number of carbonyl (C=O) groups excluding carboxylic acids is 2. The highest BCUT2D eigenvalue weighted by Crippen LogP contribution is 2.39. The fourth-order valence-electron chi connectivity index (χ4n) is 4.27. The van der Waals surface area contributed by atoms with Crippen molar-refractivity contribution in [1.29, 1.82) is 5.26 Å².